The highest BCUT2D eigenvalue weighted by Gasteiger charge is 2.40. The largest absolute Gasteiger partial charge is 0.205 e. The molecule has 1 fully saturated rings. The van der Waals surface area contributed by atoms with Gasteiger partial charge in [-0.05, 0) is 30.9 Å². The number of nitriles is 1. The Hall–Kier alpha value is -1.07. The van der Waals surface area contributed by atoms with Gasteiger partial charge in [-0.2, -0.15) is 5.26 Å². The second-order valence-corrected chi connectivity index (χ2v) is 4.03. The van der Waals surface area contributed by atoms with E-state index in [-0.39, 0.29) is 5.02 Å². The van der Waals surface area contributed by atoms with E-state index in [0.717, 1.165) is 19.3 Å². The lowest BCUT2D eigenvalue weighted by Gasteiger charge is -2.36. The van der Waals surface area contributed by atoms with Crippen molar-refractivity contribution in [1.82, 2.24) is 0 Å². The molecule has 1 aromatic rings. The summed E-state index contributed by atoms with van der Waals surface area (Å²) in [6.07, 6.45) is 2.58. The molecule has 0 unspecified atom stereocenters. The van der Waals surface area contributed by atoms with Gasteiger partial charge in [0.25, 0.3) is 0 Å². The van der Waals surface area contributed by atoms with E-state index >= 15 is 0 Å². The molecule has 1 nitrogen and oxygen atoms in total. The molecule has 2 rings (SSSR count). The van der Waals surface area contributed by atoms with Crippen LogP contribution in [-0.4, -0.2) is 0 Å². The first kappa shape index (κ1) is 9.48. The van der Waals surface area contributed by atoms with Crippen LogP contribution in [0.2, 0.25) is 5.02 Å². The lowest BCUT2D eigenvalue weighted by molar-refractivity contribution is 0.323. The molecule has 0 saturated heterocycles. The fraction of sp³-hybridized carbons (Fsp3) is 0.364. The van der Waals surface area contributed by atoms with Crippen LogP contribution in [0.3, 0.4) is 0 Å². The molecule has 0 atom stereocenters. The highest BCUT2D eigenvalue weighted by Crippen LogP contribution is 2.46. The van der Waals surface area contributed by atoms with Gasteiger partial charge in [0.2, 0.25) is 0 Å². The number of hydrogen-bond acceptors (Lipinski definition) is 1. The van der Waals surface area contributed by atoms with Crippen LogP contribution in [0.15, 0.2) is 18.2 Å². The van der Waals surface area contributed by atoms with Crippen LogP contribution >= 0.6 is 11.6 Å². The van der Waals surface area contributed by atoms with Crippen LogP contribution in [0.5, 0.6) is 0 Å². The van der Waals surface area contributed by atoms with Gasteiger partial charge in [0, 0.05) is 0 Å². The number of rotatable bonds is 1. The fourth-order valence-corrected chi connectivity index (χ4v) is 2.15. The smallest absolute Gasteiger partial charge is 0.142 e. The first-order valence-corrected chi connectivity index (χ1v) is 4.93. The molecule has 1 saturated carbocycles. The van der Waals surface area contributed by atoms with Crippen molar-refractivity contribution >= 4 is 11.6 Å². The van der Waals surface area contributed by atoms with Gasteiger partial charge in [-0.3, -0.25) is 0 Å². The Kier molecular flexibility index (Phi) is 2.20. The maximum absolute atomic E-state index is 13.2. The van der Waals surface area contributed by atoms with Crippen molar-refractivity contribution in [2.24, 2.45) is 0 Å². The first-order chi connectivity index (χ1) is 6.69. The molecule has 72 valence electrons. The van der Waals surface area contributed by atoms with Crippen LogP contribution in [-0.2, 0) is 5.41 Å². The summed E-state index contributed by atoms with van der Waals surface area (Å²) in [6, 6.07) is 6.91. The summed E-state index contributed by atoms with van der Waals surface area (Å²) in [5.74, 6) is -0.439. The monoisotopic (exact) mass is 209 g/mol. The third kappa shape index (κ3) is 1.20. The number of halogens is 2. The summed E-state index contributed by atoms with van der Waals surface area (Å²) in [6.45, 7) is 0. The number of benzene rings is 1. The van der Waals surface area contributed by atoms with Gasteiger partial charge in [-0.1, -0.05) is 23.7 Å². The SMILES string of the molecule is N#CC1(c2cccc(F)c2Cl)CCC1. The van der Waals surface area contributed by atoms with Crippen molar-refractivity contribution in [3.63, 3.8) is 0 Å². The van der Waals surface area contributed by atoms with Gasteiger partial charge >= 0.3 is 0 Å². The third-order valence-electron chi connectivity index (χ3n) is 2.89. The minimum absolute atomic E-state index is 0.105. The van der Waals surface area contributed by atoms with Gasteiger partial charge in [-0.15, -0.1) is 0 Å². The normalized spacial score (nSPS) is 18.4. The lowest BCUT2D eigenvalue weighted by atomic mass is 9.65. The van der Waals surface area contributed by atoms with E-state index in [9.17, 15) is 4.39 Å². The zero-order valence-electron chi connectivity index (χ0n) is 7.56. The molecule has 1 aliphatic carbocycles. The molecular weight excluding hydrogens is 201 g/mol. The highest BCUT2D eigenvalue weighted by atomic mass is 35.5. The van der Waals surface area contributed by atoms with Crippen LogP contribution < -0.4 is 0 Å². The zero-order valence-corrected chi connectivity index (χ0v) is 8.31. The fourth-order valence-electron chi connectivity index (χ4n) is 1.85. The summed E-state index contributed by atoms with van der Waals surface area (Å²) >= 11 is 5.84. The summed E-state index contributed by atoms with van der Waals surface area (Å²) < 4.78 is 13.2. The van der Waals surface area contributed by atoms with Crippen LogP contribution in [0, 0.1) is 17.1 Å². The van der Waals surface area contributed by atoms with Crippen molar-refractivity contribution in [3.8, 4) is 6.07 Å². The molecule has 0 amide bonds. The second kappa shape index (κ2) is 3.25. The van der Waals surface area contributed by atoms with E-state index in [1.54, 1.807) is 12.1 Å². The summed E-state index contributed by atoms with van der Waals surface area (Å²) in [5, 5.41) is 9.18. The maximum Gasteiger partial charge on any atom is 0.142 e. The molecular formula is C11H9ClFN. The maximum atomic E-state index is 13.2. The number of nitrogens with zero attached hydrogens (tertiary/aromatic N) is 1. The molecule has 0 aliphatic heterocycles. The Labute approximate surface area is 87.1 Å². The van der Waals surface area contributed by atoms with Gasteiger partial charge in [0.1, 0.15) is 5.82 Å². The van der Waals surface area contributed by atoms with Gasteiger partial charge in [-0.25, -0.2) is 4.39 Å². The van der Waals surface area contributed by atoms with Crippen LogP contribution in [0.1, 0.15) is 24.8 Å². The van der Waals surface area contributed by atoms with E-state index < -0.39 is 11.2 Å². The quantitative estimate of drug-likeness (QED) is 0.695. The van der Waals surface area contributed by atoms with E-state index in [1.165, 1.54) is 6.07 Å². The van der Waals surface area contributed by atoms with Crippen molar-refractivity contribution in [3.05, 3.63) is 34.6 Å². The lowest BCUT2D eigenvalue weighted by Crippen LogP contribution is -2.32. The van der Waals surface area contributed by atoms with Crippen molar-refractivity contribution in [2.75, 3.05) is 0 Å². The zero-order chi connectivity index (χ0) is 10.2. The predicted molar refractivity (Wildman–Crippen MR) is 52.6 cm³/mol. The summed E-state index contributed by atoms with van der Waals surface area (Å²) in [7, 11) is 0. The second-order valence-electron chi connectivity index (χ2n) is 3.65. The Bertz CT molecular complexity index is 404. The van der Waals surface area contributed by atoms with E-state index in [2.05, 4.69) is 6.07 Å². The molecule has 14 heavy (non-hydrogen) atoms. The Morgan fingerprint density at radius 1 is 1.43 bits per heavy atom. The Morgan fingerprint density at radius 3 is 2.64 bits per heavy atom. The molecule has 0 aromatic heterocycles. The average Bonchev–Trinajstić information content (AvgIpc) is 2.11. The molecule has 3 heteroatoms. The Balaban J connectivity index is 2.51. The van der Waals surface area contributed by atoms with E-state index in [4.69, 9.17) is 16.9 Å². The minimum atomic E-state index is -0.529. The molecule has 0 spiro atoms. The third-order valence-corrected chi connectivity index (χ3v) is 3.27. The first-order valence-electron chi connectivity index (χ1n) is 4.55. The van der Waals surface area contributed by atoms with Crippen LogP contribution in [0.25, 0.3) is 0 Å². The summed E-state index contributed by atoms with van der Waals surface area (Å²) in [4.78, 5) is 0. The molecule has 1 aromatic carbocycles. The molecule has 0 radical (unpaired) electrons. The molecule has 0 N–H and O–H groups in total. The van der Waals surface area contributed by atoms with Crippen LogP contribution in [0.4, 0.5) is 4.39 Å². The topological polar surface area (TPSA) is 23.8 Å². The standard InChI is InChI=1S/C11H9ClFN/c12-10-8(3-1-4-9(10)13)11(7-14)5-2-6-11/h1,3-4H,2,5-6H2. The summed E-state index contributed by atoms with van der Waals surface area (Å²) in [5.41, 5.74) is 0.118. The predicted octanol–water partition coefficient (Wildman–Crippen LogP) is 3.42. The average molecular weight is 210 g/mol. The highest BCUT2D eigenvalue weighted by molar-refractivity contribution is 6.31. The molecule has 0 bridgehead atoms. The molecule has 1 aliphatic rings. The van der Waals surface area contributed by atoms with Gasteiger partial charge in [0.15, 0.2) is 0 Å². The van der Waals surface area contributed by atoms with Gasteiger partial charge in [0.05, 0.1) is 16.5 Å². The van der Waals surface area contributed by atoms with Crippen molar-refractivity contribution < 1.29 is 4.39 Å². The Morgan fingerprint density at radius 2 is 2.14 bits per heavy atom. The number of hydrogen-bond donors (Lipinski definition) is 0. The minimum Gasteiger partial charge on any atom is -0.205 e. The van der Waals surface area contributed by atoms with Crippen molar-refractivity contribution in [2.45, 2.75) is 24.7 Å². The molecule has 0 heterocycles. The van der Waals surface area contributed by atoms with E-state index in [1.807, 2.05) is 0 Å². The van der Waals surface area contributed by atoms with Crippen molar-refractivity contribution in [1.29, 1.82) is 5.26 Å². The van der Waals surface area contributed by atoms with Gasteiger partial charge < -0.3 is 0 Å². The van der Waals surface area contributed by atoms with E-state index in [0.29, 0.717) is 5.56 Å².